The van der Waals surface area contributed by atoms with Gasteiger partial charge in [0.2, 0.25) is 0 Å². The maximum atomic E-state index is 13.7. The quantitative estimate of drug-likeness (QED) is 0.369. The van der Waals surface area contributed by atoms with Crippen LogP contribution in [0.1, 0.15) is 28.9 Å². The number of hydrogen-bond donors (Lipinski definition) is 2. The number of hydrazone groups is 1. The van der Waals surface area contributed by atoms with Crippen molar-refractivity contribution in [3.05, 3.63) is 89.0 Å². The number of nitrogens with zero attached hydrogens (tertiary/aromatic N) is 3. The number of benzene rings is 2. The Morgan fingerprint density at radius 1 is 1.12 bits per heavy atom. The molecule has 8 heteroatoms. The number of nitrogens with one attached hydrogen (secondary N) is 2. The van der Waals surface area contributed by atoms with Crippen molar-refractivity contribution in [3.63, 3.8) is 0 Å². The second kappa shape index (κ2) is 11.0. The van der Waals surface area contributed by atoms with Crippen LogP contribution >= 0.6 is 11.6 Å². The molecule has 1 aliphatic heterocycles. The highest BCUT2D eigenvalue weighted by Crippen LogP contribution is 2.22. The molecule has 33 heavy (non-hydrogen) atoms. The number of para-hydroxylation sites is 1. The third-order valence-electron chi connectivity index (χ3n) is 5.58. The van der Waals surface area contributed by atoms with Crippen molar-refractivity contribution < 1.29 is 9.18 Å². The molecule has 4 rings (SSSR count). The largest absolute Gasteiger partial charge is 0.352 e. The minimum atomic E-state index is -0.389. The average Bonchev–Trinajstić information content (AvgIpc) is 2.83. The van der Waals surface area contributed by atoms with Crippen molar-refractivity contribution in [2.24, 2.45) is 11.0 Å². The van der Waals surface area contributed by atoms with Crippen molar-refractivity contribution in [3.8, 4) is 0 Å². The lowest BCUT2D eigenvalue weighted by atomic mass is 9.98. The number of likely N-dealkylation sites (tertiary alicyclic amines) is 1. The molecule has 1 fully saturated rings. The van der Waals surface area contributed by atoms with Gasteiger partial charge < -0.3 is 5.32 Å². The molecule has 2 N–H and O–H groups in total. The molecule has 1 saturated heterocycles. The van der Waals surface area contributed by atoms with Crippen LogP contribution in [0.2, 0.25) is 5.02 Å². The number of halogens is 2. The van der Waals surface area contributed by atoms with Crippen LogP contribution in [-0.4, -0.2) is 35.1 Å². The average molecular weight is 466 g/mol. The van der Waals surface area contributed by atoms with E-state index in [1.165, 1.54) is 12.3 Å². The van der Waals surface area contributed by atoms with Crippen LogP contribution in [0.15, 0.2) is 72.0 Å². The number of aromatic nitrogens is 1. The van der Waals surface area contributed by atoms with Gasteiger partial charge in [0.1, 0.15) is 11.5 Å². The van der Waals surface area contributed by atoms with E-state index in [-0.39, 0.29) is 17.4 Å². The number of pyridine rings is 1. The Hall–Kier alpha value is -3.29. The molecular formula is C25H25ClFN5O. The summed E-state index contributed by atoms with van der Waals surface area (Å²) in [4.78, 5) is 18.8. The molecule has 0 radical (unpaired) electrons. The van der Waals surface area contributed by atoms with E-state index in [0.717, 1.165) is 43.1 Å². The molecule has 1 amide bonds. The van der Waals surface area contributed by atoms with Gasteiger partial charge >= 0.3 is 0 Å². The molecule has 0 atom stereocenters. The van der Waals surface area contributed by atoms with Crippen molar-refractivity contribution in [2.45, 2.75) is 19.4 Å². The highest BCUT2D eigenvalue weighted by atomic mass is 35.5. The summed E-state index contributed by atoms with van der Waals surface area (Å²) in [6, 6.07) is 17.5. The zero-order valence-electron chi connectivity index (χ0n) is 18.0. The first-order valence-corrected chi connectivity index (χ1v) is 11.2. The minimum absolute atomic E-state index is 0.237. The van der Waals surface area contributed by atoms with E-state index in [1.807, 2.05) is 18.2 Å². The number of rotatable bonds is 7. The van der Waals surface area contributed by atoms with E-state index in [9.17, 15) is 9.18 Å². The zero-order valence-corrected chi connectivity index (χ0v) is 18.8. The van der Waals surface area contributed by atoms with E-state index >= 15 is 0 Å². The Balaban J connectivity index is 1.22. The maximum Gasteiger partial charge on any atom is 0.289 e. The van der Waals surface area contributed by atoms with Crippen LogP contribution in [0.4, 0.5) is 15.8 Å². The summed E-state index contributed by atoms with van der Waals surface area (Å²) in [5.74, 6) is -0.434. The van der Waals surface area contributed by atoms with Crippen LogP contribution in [-0.2, 0) is 6.54 Å². The molecule has 0 saturated carbocycles. The summed E-state index contributed by atoms with van der Waals surface area (Å²) in [5.41, 5.74) is 4.85. The van der Waals surface area contributed by atoms with Gasteiger partial charge in [0.25, 0.3) is 5.91 Å². The lowest BCUT2D eigenvalue weighted by Gasteiger charge is -2.30. The maximum absolute atomic E-state index is 13.7. The zero-order chi connectivity index (χ0) is 23.0. The van der Waals surface area contributed by atoms with Crippen molar-refractivity contribution in [1.29, 1.82) is 0 Å². The smallest absolute Gasteiger partial charge is 0.289 e. The van der Waals surface area contributed by atoms with Crippen molar-refractivity contribution in [1.82, 2.24) is 15.3 Å². The summed E-state index contributed by atoms with van der Waals surface area (Å²) in [7, 11) is 0. The fraction of sp³-hybridized carbons (Fsp3) is 0.240. The molecule has 6 nitrogen and oxygen atoms in total. The topological polar surface area (TPSA) is 69.6 Å². The Bertz CT molecular complexity index is 1110. The van der Waals surface area contributed by atoms with Crippen LogP contribution in [0.3, 0.4) is 0 Å². The minimum Gasteiger partial charge on any atom is -0.352 e. The van der Waals surface area contributed by atoms with Crippen molar-refractivity contribution in [2.75, 3.05) is 18.4 Å². The molecule has 0 aliphatic carbocycles. The van der Waals surface area contributed by atoms with Crippen LogP contribution in [0.5, 0.6) is 0 Å². The van der Waals surface area contributed by atoms with Gasteiger partial charge in [-0.3, -0.25) is 9.69 Å². The van der Waals surface area contributed by atoms with E-state index in [1.54, 1.807) is 36.5 Å². The molecule has 2 heterocycles. The predicted octanol–water partition coefficient (Wildman–Crippen LogP) is 5.25. The Kier molecular flexibility index (Phi) is 7.65. The molecule has 3 aromatic rings. The van der Waals surface area contributed by atoms with Crippen LogP contribution < -0.4 is 10.7 Å². The summed E-state index contributed by atoms with van der Waals surface area (Å²) < 4.78 is 13.7. The van der Waals surface area contributed by atoms with Gasteiger partial charge in [0.05, 0.1) is 17.6 Å². The summed E-state index contributed by atoms with van der Waals surface area (Å²) in [6.45, 7) is 2.75. The standard InChI is InChI=1S/C25H25ClFN5O/c26-21-6-2-1-5-19(21)17-32-13-11-18(12-14-32)15-29-31-25(33)24-10-9-20(16-28-24)30-23-8-4-3-7-22(23)27/h1-10,15-16,18,30H,11-14,17H2,(H,31,33). The second-order valence-electron chi connectivity index (χ2n) is 7.96. The molecule has 2 aromatic carbocycles. The highest BCUT2D eigenvalue weighted by Gasteiger charge is 2.18. The fourth-order valence-corrected chi connectivity index (χ4v) is 3.90. The third kappa shape index (κ3) is 6.37. The van der Waals surface area contributed by atoms with Crippen molar-refractivity contribution >= 4 is 35.1 Å². The SMILES string of the molecule is O=C(NN=CC1CCN(Cc2ccccc2Cl)CC1)c1ccc(Nc2ccccc2F)cn1. The van der Waals surface area contributed by atoms with Gasteiger partial charge in [-0.05, 0) is 67.7 Å². The predicted molar refractivity (Wildman–Crippen MR) is 129 cm³/mol. The number of carbonyl (C=O) groups excluding carboxylic acids is 1. The molecule has 1 aliphatic rings. The molecule has 0 unspecified atom stereocenters. The van der Waals surface area contributed by atoms with E-state index in [2.05, 4.69) is 31.8 Å². The lowest BCUT2D eigenvalue weighted by molar-refractivity contribution is 0.0950. The van der Waals surface area contributed by atoms with Gasteiger partial charge in [0, 0.05) is 17.8 Å². The summed E-state index contributed by atoms with van der Waals surface area (Å²) in [6.07, 6.45) is 5.23. The highest BCUT2D eigenvalue weighted by molar-refractivity contribution is 6.31. The lowest BCUT2D eigenvalue weighted by Crippen LogP contribution is -2.34. The first-order chi connectivity index (χ1) is 16.1. The number of carbonyl (C=O) groups is 1. The van der Waals surface area contributed by atoms with Gasteiger partial charge in [-0.25, -0.2) is 14.8 Å². The fourth-order valence-electron chi connectivity index (χ4n) is 3.71. The van der Waals surface area contributed by atoms with Crippen LogP contribution in [0, 0.1) is 11.7 Å². The number of hydrogen-bond acceptors (Lipinski definition) is 5. The normalized spacial score (nSPS) is 15.0. The number of amides is 1. The van der Waals surface area contributed by atoms with Gasteiger partial charge in [0.15, 0.2) is 0 Å². The van der Waals surface area contributed by atoms with Gasteiger partial charge in [-0.1, -0.05) is 41.9 Å². The van der Waals surface area contributed by atoms with Gasteiger partial charge in [-0.15, -0.1) is 0 Å². The Labute approximate surface area is 197 Å². The molecule has 0 bridgehead atoms. The van der Waals surface area contributed by atoms with E-state index < -0.39 is 0 Å². The Morgan fingerprint density at radius 3 is 2.61 bits per heavy atom. The van der Waals surface area contributed by atoms with Gasteiger partial charge in [-0.2, -0.15) is 5.10 Å². The first kappa shape index (κ1) is 22.9. The molecule has 170 valence electrons. The summed E-state index contributed by atoms with van der Waals surface area (Å²) in [5, 5.41) is 7.86. The second-order valence-corrected chi connectivity index (χ2v) is 8.37. The third-order valence-corrected chi connectivity index (χ3v) is 5.95. The Morgan fingerprint density at radius 2 is 1.88 bits per heavy atom. The molecular weight excluding hydrogens is 441 g/mol. The van der Waals surface area contributed by atoms with E-state index in [0.29, 0.717) is 17.3 Å². The monoisotopic (exact) mass is 465 g/mol. The van der Waals surface area contributed by atoms with Crippen LogP contribution in [0.25, 0.3) is 0 Å². The van der Waals surface area contributed by atoms with E-state index in [4.69, 9.17) is 11.6 Å². The summed E-state index contributed by atoms with van der Waals surface area (Å²) >= 11 is 6.26. The number of piperidine rings is 1. The first-order valence-electron chi connectivity index (χ1n) is 10.9. The molecule has 1 aromatic heterocycles. The number of anilines is 2. The molecule has 0 spiro atoms.